The van der Waals surface area contributed by atoms with Gasteiger partial charge in [0.1, 0.15) is 11.5 Å². The first kappa shape index (κ1) is 23.5. The number of esters is 1. The second-order valence-corrected chi connectivity index (χ2v) is 8.19. The molecule has 0 heterocycles. The monoisotopic (exact) mass is 514 g/mol. The number of nitrogens with zero attached hydrogens (tertiary/aromatic N) is 1. The van der Waals surface area contributed by atoms with E-state index < -0.39 is 18.0 Å². The Morgan fingerprint density at radius 1 is 1.09 bits per heavy atom. The first-order valence-corrected chi connectivity index (χ1v) is 10.8. The number of ether oxygens (including phenoxy) is 2. The summed E-state index contributed by atoms with van der Waals surface area (Å²) in [5.74, 6) is -0.147. The molecule has 0 saturated carbocycles. The van der Waals surface area contributed by atoms with Crippen molar-refractivity contribution in [3.63, 3.8) is 0 Å². The predicted molar refractivity (Wildman–Crippen MR) is 128 cm³/mol. The van der Waals surface area contributed by atoms with Crippen molar-refractivity contribution >= 4 is 45.6 Å². The molecule has 0 spiro atoms. The van der Waals surface area contributed by atoms with Crippen LogP contribution in [0, 0.1) is 6.92 Å². The molecule has 3 aromatic carbocycles. The summed E-state index contributed by atoms with van der Waals surface area (Å²) in [6, 6.07) is 19.0. The van der Waals surface area contributed by atoms with Crippen LogP contribution in [0.4, 0.5) is 0 Å². The van der Waals surface area contributed by atoms with Crippen LogP contribution in [0.1, 0.15) is 28.4 Å². The summed E-state index contributed by atoms with van der Waals surface area (Å²) in [5, 5.41) is 4.49. The number of rotatable bonds is 7. The first-order valence-electron chi connectivity index (χ1n) is 9.66. The lowest BCUT2D eigenvalue weighted by atomic mass is 10.1. The lowest BCUT2D eigenvalue weighted by Gasteiger charge is -2.13. The molecule has 1 amide bonds. The summed E-state index contributed by atoms with van der Waals surface area (Å²) < 4.78 is 11.9. The van der Waals surface area contributed by atoms with Crippen molar-refractivity contribution in [1.82, 2.24) is 5.43 Å². The molecule has 0 radical (unpaired) electrons. The molecule has 0 fully saturated rings. The van der Waals surface area contributed by atoms with Crippen molar-refractivity contribution in [1.29, 1.82) is 0 Å². The molecule has 3 aromatic rings. The minimum atomic E-state index is -0.800. The van der Waals surface area contributed by atoms with Gasteiger partial charge in [-0.15, -0.1) is 0 Å². The van der Waals surface area contributed by atoms with Gasteiger partial charge >= 0.3 is 5.97 Å². The van der Waals surface area contributed by atoms with Gasteiger partial charge < -0.3 is 9.47 Å². The van der Waals surface area contributed by atoms with Crippen LogP contribution < -0.4 is 14.9 Å². The van der Waals surface area contributed by atoms with Crippen LogP contribution >= 0.6 is 27.5 Å². The number of hydrazone groups is 1. The van der Waals surface area contributed by atoms with E-state index in [0.29, 0.717) is 27.6 Å². The number of aryl methyl sites for hydroxylation is 1. The topological polar surface area (TPSA) is 77.0 Å². The van der Waals surface area contributed by atoms with Crippen LogP contribution in [0.15, 0.2) is 76.3 Å². The number of benzene rings is 3. The number of nitrogens with one attached hydrogen (secondary N) is 1. The zero-order chi connectivity index (χ0) is 23.1. The van der Waals surface area contributed by atoms with Crippen LogP contribution in [0.25, 0.3) is 0 Å². The smallest absolute Gasteiger partial charge is 0.343 e. The maximum Gasteiger partial charge on any atom is 0.343 e. The second kappa shape index (κ2) is 10.9. The van der Waals surface area contributed by atoms with Crippen molar-refractivity contribution < 1.29 is 19.1 Å². The van der Waals surface area contributed by atoms with Gasteiger partial charge in [-0.1, -0.05) is 51.8 Å². The average molecular weight is 516 g/mol. The van der Waals surface area contributed by atoms with Gasteiger partial charge in [-0.05, 0) is 61.9 Å². The maximum absolute atomic E-state index is 12.6. The molecule has 0 aliphatic carbocycles. The Labute approximate surface area is 199 Å². The highest BCUT2D eigenvalue weighted by atomic mass is 79.9. The summed E-state index contributed by atoms with van der Waals surface area (Å²) in [5.41, 5.74) is 4.21. The predicted octanol–water partition coefficient (Wildman–Crippen LogP) is 5.55. The van der Waals surface area contributed by atoms with Gasteiger partial charge in [0, 0.05) is 15.1 Å². The summed E-state index contributed by atoms with van der Waals surface area (Å²) in [7, 11) is 0. The minimum Gasteiger partial charge on any atom is -0.481 e. The van der Waals surface area contributed by atoms with E-state index in [1.165, 1.54) is 6.21 Å². The van der Waals surface area contributed by atoms with Gasteiger partial charge in [0.15, 0.2) is 6.10 Å². The fourth-order valence-corrected chi connectivity index (χ4v) is 3.28. The van der Waals surface area contributed by atoms with Crippen molar-refractivity contribution in [3.8, 4) is 11.5 Å². The van der Waals surface area contributed by atoms with E-state index in [1.54, 1.807) is 61.5 Å². The van der Waals surface area contributed by atoms with Gasteiger partial charge in [-0.25, -0.2) is 10.2 Å². The standard InChI is InChI=1S/C24H20BrClN2O4/c1-15-6-3-4-9-21(15)24(30)32-22-11-10-18(25)12-17(22)14-27-28-23(29)16(2)31-20-8-5-7-19(26)13-20/h3-14,16H,1-2H3,(H,28,29)/b27-14-/t16-/m0/s1. The Hall–Kier alpha value is -3.16. The summed E-state index contributed by atoms with van der Waals surface area (Å²) >= 11 is 9.31. The van der Waals surface area contributed by atoms with Crippen molar-refractivity contribution in [2.75, 3.05) is 0 Å². The molecular formula is C24H20BrClN2O4. The van der Waals surface area contributed by atoms with Crippen molar-refractivity contribution in [2.24, 2.45) is 5.10 Å². The molecule has 0 aliphatic heterocycles. The third-order valence-corrected chi connectivity index (χ3v) is 5.12. The van der Waals surface area contributed by atoms with Crippen LogP contribution in [-0.4, -0.2) is 24.2 Å². The van der Waals surface area contributed by atoms with E-state index >= 15 is 0 Å². The van der Waals surface area contributed by atoms with Gasteiger partial charge in [-0.3, -0.25) is 4.79 Å². The largest absolute Gasteiger partial charge is 0.481 e. The van der Waals surface area contributed by atoms with Crippen LogP contribution in [-0.2, 0) is 4.79 Å². The third kappa shape index (κ3) is 6.42. The highest BCUT2D eigenvalue weighted by molar-refractivity contribution is 9.10. The Morgan fingerprint density at radius 3 is 2.62 bits per heavy atom. The molecule has 3 rings (SSSR count). The molecule has 0 bridgehead atoms. The van der Waals surface area contributed by atoms with Gasteiger partial charge in [0.05, 0.1) is 11.8 Å². The Morgan fingerprint density at radius 2 is 1.88 bits per heavy atom. The molecule has 0 saturated heterocycles. The molecule has 164 valence electrons. The quantitative estimate of drug-likeness (QED) is 0.194. The highest BCUT2D eigenvalue weighted by Crippen LogP contribution is 2.23. The molecule has 1 atom stereocenters. The minimum absolute atomic E-state index is 0.308. The molecular weight excluding hydrogens is 496 g/mol. The number of hydrogen-bond donors (Lipinski definition) is 1. The lowest BCUT2D eigenvalue weighted by Crippen LogP contribution is -2.33. The second-order valence-electron chi connectivity index (χ2n) is 6.84. The fraction of sp³-hybridized carbons (Fsp3) is 0.125. The molecule has 32 heavy (non-hydrogen) atoms. The molecule has 0 unspecified atom stereocenters. The van der Waals surface area contributed by atoms with Crippen LogP contribution in [0.5, 0.6) is 11.5 Å². The zero-order valence-corrected chi connectivity index (χ0v) is 19.7. The average Bonchev–Trinajstić information content (AvgIpc) is 2.75. The molecule has 0 aliphatic rings. The Balaban J connectivity index is 1.67. The first-order chi connectivity index (χ1) is 15.3. The molecule has 1 N–H and O–H groups in total. The Bertz CT molecular complexity index is 1170. The summed E-state index contributed by atoms with van der Waals surface area (Å²) in [6.45, 7) is 3.43. The zero-order valence-electron chi connectivity index (χ0n) is 17.3. The Kier molecular flexibility index (Phi) is 8.03. The molecule has 6 nitrogen and oxygen atoms in total. The summed E-state index contributed by atoms with van der Waals surface area (Å²) in [4.78, 5) is 24.9. The van der Waals surface area contributed by atoms with Crippen LogP contribution in [0.2, 0.25) is 5.02 Å². The third-order valence-electron chi connectivity index (χ3n) is 4.40. The van der Waals surface area contributed by atoms with Gasteiger partial charge in [0.2, 0.25) is 0 Å². The van der Waals surface area contributed by atoms with E-state index in [0.717, 1.165) is 10.0 Å². The number of hydrogen-bond acceptors (Lipinski definition) is 5. The van der Waals surface area contributed by atoms with Crippen molar-refractivity contribution in [2.45, 2.75) is 20.0 Å². The molecule has 8 heteroatoms. The van der Waals surface area contributed by atoms with Crippen LogP contribution in [0.3, 0.4) is 0 Å². The van der Waals surface area contributed by atoms with Gasteiger partial charge in [0.25, 0.3) is 5.91 Å². The number of carbonyl (C=O) groups is 2. The van der Waals surface area contributed by atoms with E-state index in [2.05, 4.69) is 26.5 Å². The summed E-state index contributed by atoms with van der Waals surface area (Å²) in [6.07, 6.45) is 0.598. The number of carbonyl (C=O) groups excluding carboxylic acids is 2. The maximum atomic E-state index is 12.6. The van der Waals surface area contributed by atoms with Crippen molar-refractivity contribution in [3.05, 3.63) is 92.9 Å². The van der Waals surface area contributed by atoms with E-state index in [1.807, 2.05) is 19.1 Å². The van der Waals surface area contributed by atoms with E-state index in [-0.39, 0.29) is 0 Å². The highest BCUT2D eigenvalue weighted by Gasteiger charge is 2.15. The lowest BCUT2D eigenvalue weighted by molar-refractivity contribution is -0.127. The molecule has 0 aromatic heterocycles. The number of amides is 1. The van der Waals surface area contributed by atoms with Gasteiger partial charge in [-0.2, -0.15) is 5.10 Å². The fourth-order valence-electron chi connectivity index (χ4n) is 2.72. The van der Waals surface area contributed by atoms with E-state index in [4.69, 9.17) is 21.1 Å². The normalized spacial score (nSPS) is 11.8. The number of halogens is 2. The SMILES string of the molecule is Cc1ccccc1C(=O)Oc1ccc(Br)cc1/C=N\NC(=O)[C@H](C)Oc1cccc(Cl)c1. The van der Waals surface area contributed by atoms with E-state index in [9.17, 15) is 9.59 Å².